The Hall–Kier alpha value is -1.77. The van der Waals surface area contributed by atoms with Gasteiger partial charge in [-0.25, -0.2) is 0 Å². The first-order valence-corrected chi connectivity index (χ1v) is 5.55. The molecule has 1 amide bonds. The number of hydrogen-bond donors (Lipinski definition) is 1. The number of carbonyl (C=O) groups is 1. The van der Waals surface area contributed by atoms with Crippen LogP contribution >= 0.6 is 0 Å². The van der Waals surface area contributed by atoms with Gasteiger partial charge in [0.2, 0.25) is 5.91 Å². The van der Waals surface area contributed by atoms with Crippen LogP contribution in [0, 0.1) is 0 Å². The zero-order valence-corrected chi connectivity index (χ0v) is 10.8. The van der Waals surface area contributed by atoms with E-state index < -0.39 is 0 Å². The van der Waals surface area contributed by atoms with E-state index in [4.69, 9.17) is 4.74 Å². The third-order valence-electron chi connectivity index (χ3n) is 2.05. The van der Waals surface area contributed by atoms with Crippen LogP contribution in [-0.2, 0) is 4.79 Å². The molecule has 0 aliphatic carbocycles. The third-order valence-corrected chi connectivity index (χ3v) is 2.05. The second-order valence-corrected chi connectivity index (χ2v) is 4.81. The molecule has 0 aliphatic rings. The quantitative estimate of drug-likeness (QED) is 0.815. The fraction of sp³-hybridized carbons (Fsp3) is 0.357. The maximum absolute atomic E-state index is 11.6. The van der Waals surface area contributed by atoms with Gasteiger partial charge in [-0.05, 0) is 32.9 Å². The summed E-state index contributed by atoms with van der Waals surface area (Å²) in [7, 11) is 1.61. The highest BCUT2D eigenvalue weighted by Crippen LogP contribution is 2.18. The van der Waals surface area contributed by atoms with Crippen molar-refractivity contribution in [1.82, 2.24) is 5.32 Å². The molecule has 0 unspecified atom stereocenters. The van der Waals surface area contributed by atoms with Gasteiger partial charge in [-0.15, -0.1) is 0 Å². The van der Waals surface area contributed by atoms with Crippen molar-refractivity contribution in [3.63, 3.8) is 0 Å². The van der Waals surface area contributed by atoms with E-state index in [1.807, 2.05) is 45.0 Å². The van der Waals surface area contributed by atoms with Crippen LogP contribution in [0.4, 0.5) is 0 Å². The van der Waals surface area contributed by atoms with E-state index in [0.717, 1.165) is 11.3 Å². The van der Waals surface area contributed by atoms with Crippen LogP contribution in [0.1, 0.15) is 26.3 Å². The molecular formula is C14H19NO2. The average Bonchev–Trinajstić information content (AvgIpc) is 2.24. The predicted octanol–water partition coefficient (Wildman–Crippen LogP) is 2.62. The van der Waals surface area contributed by atoms with Crippen LogP contribution in [-0.4, -0.2) is 18.6 Å². The average molecular weight is 233 g/mol. The van der Waals surface area contributed by atoms with E-state index in [1.54, 1.807) is 13.2 Å². The molecule has 0 spiro atoms. The Kier molecular flexibility index (Phi) is 4.32. The van der Waals surface area contributed by atoms with E-state index in [0.29, 0.717) is 0 Å². The minimum absolute atomic E-state index is 0.108. The van der Waals surface area contributed by atoms with Crippen LogP contribution in [0.5, 0.6) is 5.75 Å². The number of para-hydroxylation sites is 1. The normalized spacial score (nSPS) is 11.5. The van der Waals surface area contributed by atoms with Crippen molar-refractivity contribution >= 4 is 12.0 Å². The van der Waals surface area contributed by atoms with Gasteiger partial charge in [-0.3, -0.25) is 4.79 Å². The fourth-order valence-electron chi connectivity index (χ4n) is 1.38. The Bertz CT molecular complexity index is 416. The molecule has 3 nitrogen and oxygen atoms in total. The standard InChI is InChI=1S/C14H19NO2/c1-14(2,3)15-13(16)10-9-11-7-5-6-8-12(11)17-4/h5-10H,1-4H3,(H,15,16)/b10-9+. The van der Waals surface area contributed by atoms with Crippen LogP contribution < -0.4 is 10.1 Å². The summed E-state index contributed by atoms with van der Waals surface area (Å²) in [5.74, 6) is 0.649. The van der Waals surface area contributed by atoms with E-state index in [9.17, 15) is 4.79 Å². The number of rotatable bonds is 3. The number of amides is 1. The van der Waals surface area contributed by atoms with E-state index in [-0.39, 0.29) is 11.4 Å². The number of hydrogen-bond acceptors (Lipinski definition) is 2. The molecule has 0 saturated heterocycles. The lowest BCUT2D eigenvalue weighted by Gasteiger charge is -2.19. The maximum atomic E-state index is 11.6. The summed E-state index contributed by atoms with van der Waals surface area (Å²) < 4.78 is 5.20. The number of benzene rings is 1. The molecule has 0 aromatic heterocycles. The topological polar surface area (TPSA) is 38.3 Å². The highest BCUT2D eigenvalue weighted by Gasteiger charge is 2.11. The lowest BCUT2D eigenvalue weighted by atomic mass is 10.1. The van der Waals surface area contributed by atoms with Crippen molar-refractivity contribution in [1.29, 1.82) is 0 Å². The second-order valence-electron chi connectivity index (χ2n) is 4.81. The zero-order valence-electron chi connectivity index (χ0n) is 10.8. The molecule has 1 aromatic carbocycles. The van der Waals surface area contributed by atoms with E-state index >= 15 is 0 Å². The monoisotopic (exact) mass is 233 g/mol. The summed E-state index contributed by atoms with van der Waals surface area (Å²) in [5, 5.41) is 2.86. The Labute approximate surface area is 102 Å². The Balaban J connectivity index is 2.74. The molecule has 0 radical (unpaired) electrons. The van der Waals surface area contributed by atoms with Gasteiger partial charge in [0.15, 0.2) is 0 Å². The number of ether oxygens (including phenoxy) is 1. The lowest BCUT2D eigenvalue weighted by Crippen LogP contribution is -2.39. The minimum Gasteiger partial charge on any atom is -0.496 e. The lowest BCUT2D eigenvalue weighted by molar-refractivity contribution is -0.117. The Morgan fingerprint density at radius 3 is 2.53 bits per heavy atom. The molecule has 17 heavy (non-hydrogen) atoms. The molecule has 0 heterocycles. The van der Waals surface area contributed by atoms with Gasteiger partial charge in [0.05, 0.1) is 7.11 Å². The first-order valence-electron chi connectivity index (χ1n) is 5.55. The van der Waals surface area contributed by atoms with Gasteiger partial charge < -0.3 is 10.1 Å². The van der Waals surface area contributed by atoms with Crippen molar-refractivity contribution in [2.24, 2.45) is 0 Å². The molecule has 1 aromatic rings. The van der Waals surface area contributed by atoms with Gasteiger partial charge in [0, 0.05) is 17.2 Å². The van der Waals surface area contributed by atoms with E-state index in [2.05, 4.69) is 5.32 Å². The highest BCUT2D eigenvalue weighted by molar-refractivity contribution is 5.92. The van der Waals surface area contributed by atoms with Crippen LogP contribution in [0.25, 0.3) is 6.08 Å². The SMILES string of the molecule is COc1ccccc1/C=C/C(=O)NC(C)(C)C. The van der Waals surface area contributed by atoms with Gasteiger partial charge in [-0.1, -0.05) is 18.2 Å². The van der Waals surface area contributed by atoms with Crippen molar-refractivity contribution in [3.05, 3.63) is 35.9 Å². The molecule has 1 N–H and O–H groups in total. The molecular weight excluding hydrogens is 214 g/mol. The van der Waals surface area contributed by atoms with Crippen LogP contribution in [0.3, 0.4) is 0 Å². The summed E-state index contributed by atoms with van der Waals surface area (Å²) >= 11 is 0. The number of methoxy groups -OCH3 is 1. The van der Waals surface area contributed by atoms with Crippen LogP contribution in [0.15, 0.2) is 30.3 Å². The molecule has 0 saturated carbocycles. The molecule has 0 aliphatic heterocycles. The fourth-order valence-corrected chi connectivity index (χ4v) is 1.38. The minimum atomic E-state index is -0.220. The maximum Gasteiger partial charge on any atom is 0.244 e. The van der Waals surface area contributed by atoms with Gasteiger partial charge >= 0.3 is 0 Å². The second kappa shape index (κ2) is 5.53. The van der Waals surface area contributed by atoms with Gasteiger partial charge in [0.1, 0.15) is 5.75 Å². The number of carbonyl (C=O) groups excluding carboxylic acids is 1. The Morgan fingerprint density at radius 2 is 1.94 bits per heavy atom. The van der Waals surface area contributed by atoms with Gasteiger partial charge in [0.25, 0.3) is 0 Å². The number of nitrogens with one attached hydrogen (secondary N) is 1. The zero-order chi connectivity index (χ0) is 12.9. The van der Waals surface area contributed by atoms with Crippen molar-refractivity contribution in [3.8, 4) is 5.75 Å². The molecule has 0 bridgehead atoms. The molecule has 0 atom stereocenters. The van der Waals surface area contributed by atoms with Crippen LogP contribution in [0.2, 0.25) is 0 Å². The summed E-state index contributed by atoms with van der Waals surface area (Å²) in [6, 6.07) is 7.57. The molecule has 3 heteroatoms. The molecule has 92 valence electrons. The summed E-state index contributed by atoms with van der Waals surface area (Å²) in [5.41, 5.74) is 0.668. The smallest absolute Gasteiger partial charge is 0.244 e. The summed E-state index contributed by atoms with van der Waals surface area (Å²) in [4.78, 5) is 11.6. The van der Waals surface area contributed by atoms with Gasteiger partial charge in [-0.2, -0.15) is 0 Å². The van der Waals surface area contributed by atoms with Crippen molar-refractivity contribution in [2.75, 3.05) is 7.11 Å². The highest BCUT2D eigenvalue weighted by atomic mass is 16.5. The molecule has 0 fully saturated rings. The predicted molar refractivity (Wildman–Crippen MR) is 69.9 cm³/mol. The largest absolute Gasteiger partial charge is 0.496 e. The summed E-state index contributed by atoms with van der Waals surface area (Å²) in [6.07, 6.45) is 3.27. The third kappa shape index (κ3) is 4.72. The summed E-state index contributed by atoms with van der Waals surface area (Å²) in [6.45, 7) is 5.84. The first-order chi connectivity index (χ1) is 7.92. The van der Waals surface area contributed by atoms with Crippen molar-refractivity contribution in [2.45, 2.75) is 26.3 Å². The van der Waals surface area contributed by atoms with E-state index in [1.165, 1.54) is 6.08 Å². The van der Waals surface area contributed by atoms with Crippen molar-refractivity contribution < 1.29 is 9.53 Å². The molecule has 1 rings (SSSR count). The first kappa shape index (κ1) is 13.3. The Morgan fingerprint density at radius 1 is 1.29 bits per heavy atom.